The van der Waals surface area contributed by atoms with Crippen molar-refractivity contribution in [1.29, 1.82) is 0 Å². The summed E-state index contributed by atoms with van der Waals surface area (Å²) in [7, 11) is 0. The predicted molar refractivity (Wildman–Crippen MR) is 127 cm³/mol. The number of piperidine rings is 2. The standard InChI is InChI=1S/C24H29N7/c1-5-14-30(15-6-1)23-26-22(27-24(28-23)31-16-7-2-8-17-31)29-25-18-20-12-9-11-19-10-3-4-13-21(19)20/h3-4,9-13,18H,1-2,5-8,14-17H2,(H,26,27,28,29)/b25-18-. The third-order valence-corrected chi connectivity index (χ3v) is 6.08. The van der Waals surface area contributed by atoms with Crippen LogP contribution in [-0.4, -0.2) is 47.3 Å². The van der Waals surface area contributed by atoms with E-state index in [0.29, 0.717) is 5.95 Å². The molecule has 7 heteroatoms. The van der Waals surface area contributed by atoms with E-state index in [4.69, 9.17) is 15.0 Å². The largest absolute Gasteiger partial charge is 0.341 e. The van der Waals surface area contributed by atoms with Crippen LogP contribution in [0.4, 0.5) is 17.8 Å². The molecule has 0 bridgehead atoms. The quantitative estimate of drug-likeness (QED) is 0.490. The van der Waals surface area contributed by atoms with Gasteiger partial charge < -0.3 is 9.80 Å². The van der Waals surface area contributed by atoms with E-state index in [0.717, 1.165) is 43.6 Å². The second-order valence-corrected chi connectivity index (χ2v) is 8.29. The summed E-state index contributed by atoms with van der Waals surface area (Å²) in [6.45, 7) is 4.01. The molecule has 0 atom stereocenters. The second kappa shape index (κ2) is 9.29. The van der Waals surface area contributed by atoms with Gasteiger partial charge in [0.2, 0.25) is 17.8 Å². The Kier molecular flexibility index (Phi) is 5.91. The lowest BCUT2D eigenvalue weighted by molar-refractivity contribution is 0.556. The molecule has 0 saturated carbocycles. The van der Waals surface area contributed by atoms with Crippen molar-refractivity contribution in [2.24, 2.45) is 5.10 Å². The van der Waals surface area contributed by atoms with Gasteiger partial charge in [-0.25, -0.2) is 5.43 Å². The topological polar surface area (TPSA) is 69.5 Å². The maximum absolute atomic E-state index is 4.83. The maximum Gasteiger partial charge on any atom is 0.250 e. The highest BCUT2D eigenvalue weighted by Gasteiger charge is 2.20. The van der Waals surface area contributed by atoms with Crippen LogP contribution in [-0.2, 0) is 0 Å². The molecule has 0 aliphatic carbocycles. The number of aromatic nitrogens is 3. The van der Waals surface area contributed by atoms with Crippen LogP contribution in [0.2, 0.25) is 0 Å². The van der Waals surface area contributed by atoms with Crippen molar-refractivity contribution in [3.8, 4) is 0 Å². The van der Waals surface area contributed by atoms with Crippen LogP contribution in [0.25, 0.3) is 10.8 Å². The highest BCUT2D eigenvalue weighted by molar-refractivity contribution is 5.99. The fraction of sp³-hybridized carbons (Fsp3) is 0.417. The molecule has 0 unspecified atom stereocenters. The Labute approximate surface area is 183 Å². The van der Waals surface area contributed by atoms with Gasteiger partial charge in [-0.05, 0) is 49.3 Å². The van der Waals surface area contributed by atoms with E-state index in [9.17, 15) is 0 Å². The molecule has 160 valence electrons. The van der Waals surface area contributed by atoms with Crippen molar-refractivity contribution in [3.05, 3.63) is 48.0 Å². The third kappa shape index (κ3) is 4.60. The van der Waals surface area contributed by atoms with Gasteiger partial charge in [-0.3, -0.25) is 0 Å². The molecular weight excluding hydrogens is 386 g/mol. The molecule has 1 aromatic heterocycles. The number of anilines is 3. The van der Waals surface area contributed by atoms with E-state index in [2.05, 4.69) is 62.8 Å². The molecular formula is C24H29N7. The van der Waals surface area contributed by atoms with Crippen molar-refractivity contribution in [3.63, 3.8) is 0 Å². The maximum atomic E-state index is 4.83. The Balaban J connectivity index is 1.41. The van der Waals surface area contributed by atoms with Crippen molar-refractivity contribution >= 4 is 34.8 Å². The molecule has 0 amide bonds. The zero-order valence-corrected chi connectivity index (χ0v) is 17.9. The number of hydrogen-bond acceptors (Lipinski definition) is 7. The molecule has 2 saturated heterocycles. The van der Waals surface area contributed by atoms with Crippen molar-refractivity contribution < 1.29 is 0 Å². The number of hydrogen-bond donors (Lipinski definition) is 1. The summed E-state index contributed by atoms with van der Waals surface area (Å²) in [5, 5.41) is 6.85. The summed E-state index contributed by atoms with van der Waals surface area (Å²) < 4.78 is 0. The van der Waals surface area contributed by atoms with Gasteiger partial charge in [0.15, 0.2) is 0 Å². The second-order valence-electron chi connectivity index (χ2n) is 8.29. The van der Waals surface area contributed by atoms with Crippen LogP contribution in [0.3, 0.4) is 0 Å². The summed E-state index contributed by atoms with van der Waals surface area (Å²) in [6, 6.07) is 14.6. The van der Waals surface area contributed by atoms with Gasteiger partial charge in [0.1, 0.15) is 0 Å². The van der Waals surface area contributed by atoms with Crippen LogP contribution in [0.5, 0.6) is 0 Å². The predicted octanol–water partition coefficient (Wildman–Crippen LogP) is 4.45. The molecule has 7 nitrogen and oxygen atoms in total. The van der Waals surface area contributed by atoms with Crippen LogP contribution < -0.4 is 15.2 Å². The molecule has 0 radical (unpaired) electrons. The summed E-state index contributed by atoms with van der Waals surface area (Å²) in [5.41, 5.74) is 4.13. The van der Waals surface area contributed by atoms with E-state index >= 15 is 0 Å². The van der Waals surface area contributed by atoms with E-state index in [-0.39, 0.29) is 0 Å². The number of fused-ring (bicyclic) bond motifs is 1. The number of hydrazone groups is 1. The fourth-order valence-corrected chi connectivity index (χ4v) is 4.40. The Morgan fingerprint density at radius 1 is 0.710 bits per heavy atom. The molecule has 2 fully saturated rings. The summed E-state index contributed by atoms with van der Waals surface area (Å²) >= 11 is 0. The number of nitrogens with one attached hydrogen (secondary N) is 1. The molecule has 2 aliphatic rings. The Bertz CT molecular complexity index is 1010. The van der Waals surface area contributed by atoms with Crippen LogP contribution in [0.15, 0.2) is 47.6 Å². The van der Waals surface area contributed by atoms with E-state index in [1.54, 1.807) is 0 Å². The zero-order chi connectivity index (χ0) is 20.9. The highest BCUT2D eigenvalue weighted by atomic mass is 15.4. The van der Waals surface area contributed by atoms with E-state index < -0.39 is 0 Å². The van der Waals surface area contributed by atoms with Gasteiger partial charge in [-0.1, -0.05) is 42.5 Å². The van der Waals surface area contributed by atoms with Crippen molar-refractivity contribution in [2.75, 3.05) is 41.4 Å². The fourth-order valence-electron chi connectivity index (χ4n) is 4.40. The van der Waals surface area contributed by atoms with Gasteiger partial charge in [-0.15, -0.1) is 0 Å². The van der Waals surface area contributed by atoms with Crippen LogP contribution in [0.1, 0.15) is 44.1 Å². The number of rotatable bonds is 5. The molecule has 3 aromatic rings. The van der Waals surface area contributed by atoms with Crippen LogP contribution in [0, 0.1) is 0 Å². The Morgan fingerprint density at radius 2 is 1.32 bits per heavy atom. The zero-order valence-electron chi connectivity index (χ0n) is 17.9. The lowest BCUT2D eigenvalue weighted by Crippen LogP contribution is -2.34. The first-order valence-corrected chi connectivity index (χ1v) is 11.4. The number of benzene rings is 2. The van der Waals surface area contributed by atoms with Gasteiger partial charge in [0.25, 0.3) is 0 Å². The molecule has 3 heterocycles. The lowest BCUT2D eigenvalue weighted by atomic mass is 10.1. The summed E-state index contributed by atoms with van der Waals surface area (Å²) in [4.78, 5) is 18.8. The first kappa shape index (κ1) is 19.7. The normalized spacial score (nSPS) is 17.4. The summed E-state index contributed by atoms with van der Waals surface area (Å²) in [6.07, 6.45) is 9.15. The molecule has 5 rings (SSSR count). The van der Waals surface area contributed by atoms with E-state index in [1.807, 2.05) is 6.21 Å². The first-order chi connectivity index (χ1) is 15.4. The average molecular weight is 416 g/mol. The molecule has 2 aliphatic heterocycles. The first-order valence-electron chi connectivity index (χ1n) is 11.4. The van der Waals surface area contributed by atoms with E-state index in [1.165, 1.54) is 49.3 Å². The Hall–Kier alpha value is -3.22. The van der Waals surface area contributed by atoms with Crippen molar-refractivity contribution in [2.45, 2.75) is 38.5 Å². The van der Waals surface area contributed by atoms with Gasteiger partial charge in [0.05, 0.1) is 6.21 Å². The van der Waals surface area contributed by atoms with Gasteiger partial charge in [-0.2, -0.15) is 20.1 Å². The molecule has 31 heavy (non-hydrogen) atoms. The lowest BCUT2D eigenvalue weighted by Gasteiger charge is -2.30. The minimum absolute atomic E-state index is 0.507. The third-order valence-electron chi connectivity index (χ3n) is 6.08. The van der Waals surface area contributed by atoms with Gasteiger partial charge >= 0.3 is 0 Å². The average Bonchev–Trinajstić information content (AvgIpc) is 2.85. The van der Waals surface area contributed by atoms with Gasteiger partial charge in [0, 0.05) is 31.7 Å². The van der Waals surface area contributed by atoms with Crippen molar-refractivity contribution in [1.82, 2.24) is 15.0 Å². The minimum Gasteiger partial charge on any atom is -0.341 e. The minimum atomic E-state index is 0.507. The molecule has 1 N–H and O–H groups in total. The smallest absolute Gasteiger partial charge is 0.250 e. The van der Waals surface area contributed by atoms with Crippen LogP contribution >= 0.6 is 0 Å². The SMILES string of the molecule is C(=N/Nc1nc(N2CCCCC2)nc(N2CCCCC2)n1)/c1cccc2ccccc12. The summed E-state index contributed by atoms with van der Waals surface area (Å²) in [5.74, 6) is 2.03. The Morgan fingerprint density at radius 3 is 2.00 bits per heavy atom. The number of nitrogens with zero attached hydrogens (tertiary/aromatic N) is 6. The monoisotopic (exact) mass is 415 g/mol. The highest BCUT2D eigenvalue weighted by Crippen LogP contribution is 2.23. The molecule has 0 spiro atoms. The molecule has 2 aromatic carbocycles.